The van der Waals surface area contributed by atoms with E-state index in [9.17, 15) is 4.79 Å². The number of benzene rings is 2. The van der Waals surface area contributed by atoms with Crippen LogP contribution in [0.5, 0.6) is 0 Å². The summed E-state index contributed by atoms with van der Waals surface area (Å²) in [6, 6.07) is 18.1. The molecule has 1 aliphatic rings. The molecular weight excluding hydrogens is 388 g/mol. The van der Waals surface area contributed by atoms with Gasteiger partial charge in [-0.2, -0.15) is 0 Å². The van der Waals surface area contributed by atoms with E-state index in [0.717, 1.165) is 34.7 Å². The van der Waals surface area contributed by atoms with Crippen molar-refractivity contribution in [2.75, 3.05) is 13.1 Å². The lowest BCUT2D eigenvalue weighted by Crippen LogP contribution is -2.38. The van der Waals surface area contributed by atoms with E-state index in [4.69, 9.17) is 4.42 Å². The zero-order chi connectivity index (χ0) is 21.2. The Morgan fingerprint density at radius 3 is 2.65 bits per heavy atom. The minimum Gasteiger partial charge on any atom is -0.419 e. The predicted octanol–water partition coefficient (Wildman–Crippen LogP) is 4.54. The topological polar surface area (TPSA) is 72.1 Å². The monoisotopic (exact) mass is 412 g/mol. The predicted molar refractivity (Wildman–Crippen MR) is 118 cm³/mol. The van der Waals surface area contributed by atoms with Gasteiger partial charge < -0.3 is 9.32 Å². The number of aryl methyl sites for hydroxylation is 1. The Balaban J connectivity index is 1.26. The minimum atomic E-state index is 0.165. The highest BCUT2D eigenvalue weighted by Crippen LogP contribution is 2.31. The quantitative estimate of drug-likeness (QED) is 0.492. The number of rotatable bonds is 4. The molecule has 0 unspecified atom stereocenters. The van der Waals surface area contributed by atoms with Gasteiger partial charge in [-0.15, -0.1) is 10.2 Å². The normalized spacial score (nSPS) is 14.8. The molecule has 0 bridgehead atoms. The standard InChI is InChI=1S/C25H24N4O2/c1-17-6-2-3-8-20(17)16-22(30)29-14-11-19(12-15-29)24-27-28-25(31-24)23-21-9-5-4-7-18(21)10-13-26-23/h2-10,13,19H,11-12,14-16H2,1H3. The Morgan fingerprint density at radius 1 is 1.03 bits per heavy atom. The second kappa shape index (κ2) is 8.30. The molecule has 31 heavy (non-hydrogen) atoms. The van der Waals surface area contributed by atoms with Crippen LogP contribution in [0.3, 0.4) is 0 Å². The van der Waals surface area contributed by atoms with E-state index in [1.165, 1.54) is 0 Å². The lowest BCUT2D eigenvalue weighted by atomic mass is 9.96. The molecule has 1 fully saturated rings. The Kier molecular flexibility index (Phi) is 5.20. The molecule has 0 saturated carbocycles. The maximum Gasteiger partial charge on any atom is 0.266 e. The van der Waals surface area contributed by atoms with Crippen molar-refractivity contribution in [2.45, 2.75) is 32.1 Å². The fraction of sp³-hybridized carbons (Fsp3) is 0.280. The molecule has 4 aromatic rings. The average molecular weight is 412 g/mol. The molecular formula is C25H24N4O2. The van der Waals surface area contributed by atoms with E-state index in [0.29, 0.717) is 37.0 Å². The second-order valence-corrected chi connectivity index (χ2v) is 8.08. The number of carbonyl (C=O) groups is 1. The molecule has 3 heterocycles. The molecule has 0 aliphatic carbocycles. The molecule has 156 valence electrons. The number of nitrogens with zero attached hydrogens (tertiary/aromatic N) is 4. The summed E-state index contributed by atoms with van der Waals surface area (Å²) in [6.45, 7) is 3.46. The van der Waals surface area contributed by atoms with Crippen LogP contribution in [0.2, 0.25) is 0 Å². The third-order valence-corrected chi connectivity index (χ3v) is 6.12. The fourth-order valence-corrected chi connectivity index (χ4v) is 4.24. The van der Waals surface area contributed by atoms with Crippen molar-refractivity contribution in [2.24, 2.45) is 0 Å². The van der Waals surface area contributed by atoms with Crippen LogP contribution in [0.4, 0.5) is 0 Å². The summed E-state index contributed by atoms with van der Waals surface area (Å²) in [5.74, 6) is 1.43. The molecule has 6 heteroatoms. The van der Waals surface area contributed by atoms with E-state index in [1.54, 1.807) is 6.20 Å². The molecule has 1 amide bonds. The number of pyridine rings is 1. The van der Waals surface area contributed by atoms with Gasteiger partial charge in [0.1, 0.15) is 5.69 Å². The van der Waals surface area contributed by atoms with E-state index in [2.05, 4.69) is 15.2 Å². The number of aromatic nitrogens is 3. The first kappa shape index (κ1) is 19.4. The molecule has 0 spiro atoms. The number of carbonyl (C=O) groups excluding carboxylic acids is 1. The summed E-state index contributed by atoms with van der Waals surface area (Å²) in [5.41, 5.74) is 2.97. The summed E-state index contributed by atoms with van der Waals surface area (Å²) < 4.78 is 6.04. The van der Waals surface area contributed by atoms with Gasteiger partial charge in [-0.25, -0.2) is 0 Å². The SMILES string of the molecule is Cc1ccccc1CC(=O)N1CCC(c2nnc(-c3nccc4ccccc34)o2)CC1. The van der Waals surface area contributed by atoms with Gasteiger partial charge in [0.05, 0.1) is 6.42 Å². The third kappa shape index (κ3) is 3.93. The maximum atomic E-state index is 12.7. The van der Waals surface area contributed by atoms with E-state index in [-0.39, 0.29) is 11.8 Å². The van der Waals surface area contributed by atoms with E-state index >= 15 is 0 Å². The maximum absolute atomic E-state index is 12.7. The van der Waals surface area contributed by atoms with E-state index in [1.807, 2.05) is 66.4 Å². The highest BCUT2D eigenvalue weighted by Gasteiger charge is 2.28. The Labute approximate surface area is 180 Å². The second-order valence-electron chi connectivity index (χ2n) is 8.08. The summed E-state index contributed by atoms with van der Waals surface area (Å²) in [6.07, 6.45) is 3.86. The number of amides is 1. The van der Waals surface area contributed by atoms with Crippen molar-refractivity contribution >= 4 is 16.7 Å². The van der Waals surface area contributed by atoms with Crippen molar-refractivity contribution in [1.29, 1.82) is 0 Å². The van der Waals surface area contributed by atoms with Gasteiger partial charge >= 0.3 is 0 Å². The Hall–Kier alpha value is -3.54. The molecule has 0 atom stereocenters. The summed E-state index contributed by atoms with van der Waals surface area (Å²) in [5, 5.41) is 10.7. The molecule has 2 aromatic carbocycles. The molecule has 1 aliphatic heterocycles. The molecule has 0 N–H and O–H groups in total. The van der Waals surface area contributed by atoms with Crippen molar-refractivity contribution in [3.05, 3.63) is 77.8 Å². The highest BCUT2D eigenvalue weighted by molar-refractivity contribution is 5.92. The molecule has 5 rings (SSSR count). The third-order valence-electron chi connectivity index (χ3n) is 6.12. The number of hydrogen-bond donors (Lipinski definition) is 0. The molecule has 6 nitrogen and oxygen atoms in total. The largest absolute Gasteiger partial charge is 0.419 e. The van der Waals surface area contributed by atoms with Gasteiger partial charge in [0.25, 0.3) is 5.89 Å². The van der Waals surface area contributed by atoms with Crippen LogP contribution in [0.1, 0.15) is 35.8 Å². The van der Waals surface area contributed by atoms with Gasteiger partial charge in [0.15, 0.2) is 0 Å². The summed E-state index contributed by atoms with van der Waals surface area (Å²) in [4.78, 5) is 19.2. The van der Waals surface area contributed by atoms with Crippen LogP contribution in [-0.4, -0.2) is 39.1 Å². The van der Waals surface area contributed by atoms with Crippen molar-refractivity contribution < 1.29 is 9.21 Å². The van der Waals surface area contributed by atoms with Crippen LogP contribution >= 0.6 is 0 Å². The summed E-state index contributed by atoms with van der Waals surface area (Å²) in [7, 11) is 0. The zero-order valence-corrected chi connectivity index (χ0v) is 17.5. The lowest BCUT2D eigenvalue weighted by Gasteiger charge is -2.30. The highest BCUT2D eigenvalue weighted by atomic mass is 16.4. The molecule has 1 saturated heterocycles. The summed E-state index contributed by atoms with van der Waals surface area (Å²) >= 11 is 0. The number of piperidine rings is 1. The first-order valence-electron chi connectivity index (χ1n) is 10.7. The van der Waals surface area contributed by atoms with Gasteiger partial charge in [-0.3, -0.25) is 9.78 Å². The van der Waals surface area contributed by atoms with Crippen molar-refractivity contribution in [3.8, 4) is 11.6 Å². The fourth-order valence-electron chi connectivity index (χ4n) is 4.24. The van der Waals surface area contributed by atoms with Crippen LogP contribution in [-0.2, 0) is 11.2 Å². The number of hydrogen-bond acceptors (Lipinski definition) is 5. The Bertz CT molecular complexity index is 1220. The minimum absolute atomic E-state index is 0.165. The van der Waals surface area contributed by atoms with Crippen molar-refractivity contribution in [3.63, 3.8) is 0 Å². The first-order chi connectivity index (χ1) is 15.2. The Morgan fingerprint density at radius 2 is 1.81 bits per heavy atom. The number of fused-ring (bicyclic) bond motifs is 1. The smallest absolute Gasteiger partial charge is 0.266 e. The van der Waals surface area contributed by atoms with Crippen LogP contribution in [0.25, 0.3) is 22.4 Å². The van der Waals surface area contributed by atoms with Crippen LogP contribution in [0.15, 0.2) is 65.2 Å². The van der Waals surface area contributed by atoms with E-state index < -0.39 is 0 Å². The number of likely N-dealkylation sites (tertiary alicyclic amines) is 1. The average Bonchev–Trinajstić information content (AvgIpc) is 3.30. The molecule has 2 aromatic heterocycles. The molecule has 0 radical (unpaired) electrons. The van der Waals surface area contributed by atoms with Gasteiger partial charge in [0, 0.05) is 30.6 Å². The zero-order valence-electron chi connectivity index (χ0n) is 17.5. The van der Waals surface area contributed by atoms with Gasteiger partial charge in [-0.05, 0) is 42.3 Å². The van der Waals surface area contributed by atoms with Crippen molar-refractivity contribution in [1.82, 2.24) is 20.1 Å². The van der Waals surface area contributed by atoms with Gasteiger partial charge in [0.2, 0.25) is 11.8 Å². The van der Waals surface area contributed by atoms with Crippen LogP contribution in [0, 0.1) is 6.92 Å². The van der Waals surface area contributed by atoms with Crippen LogP contribution < -0.4 is 0 Å². The lowest BCUT2D eigenvalue weighted by molar-refractivity contribution is -0.131. The first-order valence-corrected chi connectivity index (χ1v) is 10.7. The van der Waals surface area contributed by atoms with Gasteiger partial charge in [-0.1, -0.05) is 48.5 Å².